The molecule has 1 rings (SSSR count). The standard InChI is InChI=1S/C17H31N5O6/c1-13(23)19-4-3-14(17(28)18-2)22-9-7-20(11-15(24)25)5-6-21(8-10-22)12-16(26)27/h14H,3-12H2,1-2H3,(H,18,28)(H,19,23)(H,24,25)(H,26,27). The van der Waals surface area contributed by atoms with Crippen LogP contribution in [0.3, 0.4) is 0 Å². The number of aliphatic carboxylic acids is 2. The molecular weight excluding hydrogens is 370 g/mol. The van der Waals surface area contributed by atoms with Crippen LogP contribution in [0.1, 0.15) is 13.3 Å². The van der Waals surface area contributed by atoms with Crippen LogP contribution >= 0.6 is 0 Å². The van der Waals surface area contributed by atoms with Crippen molar-refractivity contribution in [2.24, 2.45) is 0 Å². The van der Waals surface area contributed by atoms with Crippen LogP contribution in [0.25, 0.3) is 0 Å². The van der Waals surface area contributed by atoms with Gasteiger partial charge in [0.1, 0.15) is 0 Å². The zero-order chi connectivity index (χ0) is 21.1. The first-order valence-corrected chi connectivity index (χ1v) is 9.31. The van der Waals surface area contributed by atoms with Gasteiger partial charge in [0.25, 0.3) is 0 Å². The lowest BCUT2D eigenvalue weighted by Gasteiger charge is -2.32. The van der Waals surface area contributed by atoms with Gasteiger partial charge in [0, 0.05) is 59.8 Å². The Morgan fingerprint density at radius 1 is 0.893 bits per heavy atom. The Morgan fingerprint density at radius 3 is 1.75 bits per heavy atom. The van der Waals surface area contributed by atoms with Crippen molar-refractivity contribution in [3.8, 4) is 0 Å². The SMILES string of the molecule is CNC(=O)C(CCNC(C)=O)N1CCN(CC(=O)O)CCN(CC(=O)O)CC1. The van der Waals surface area contributed by atoms with Crippen molar-refractivity contribution in [1.82, 2.24) is 25.3 Å². The summed E-state index contributed by atoms with van der Waals surface area (Å²) in [6, 6.07) is -0.506. The summed E-state index contributed by atoms with van der Waals surface area (Å²) in [5.74, 6) is -2.28. The fourth-order valence-electron chi connectivity index (χ4n) is 3.20. The van der Waals surface area contributed by atoms with E-state index in [1.165, 1.54) is 14.0 Å². The smallest absolute Gasteiger partial charge is 0.317 e. The molecule has 0 aliphatic carbocycles. The lowest BCUT2D eigenvalue weighted by Crippen LogP contribution is -2.51. The van der Waals surface area contributed by atoms with Crippen molar-refractivity contribution in [2.45, 2.75) is 19.4 Å². The number of carboxylic acids is 2. The first-order valence-electron chi connectivity index (χ1n) is 9.31. The Labute approximate surface area is 164 Å². The molecule has 0 radical (unpaired) electrons. The molecule has 28 heavy (non-hydrogen) atoms. The van der Waals surface area contributed by atoms with E-state index in [1.807, 2.05) is 4.90 Å². The van der Waals surface area contributed by atoms with E-state index in [0.29, 0.717) is 52.2 Å². The third kappa shape index (κ3) is 9.11. The zero-order valence-electron chi connectivity index (χ0n) is 16.5. The first-order chi connectivity index (χ1) is 13.2. The maximum atomic E-state index is 12.4. The maximum absolute atomic E-state index is 12.4. The minimum atomic E-state index is -0.955. The fourth-order valence-corrected chi connectivity index (χ4v) is 3.20. The van der Waals surface area contributed by atoms with E-state index in [0.717, 1.165) is 0 Å². The molecule has 160 valence electrons. The highest BCUT2D eigenvalue weighted by atomic mass is 16.4. The molecule has 11 nitrogen and oxygen atoms in total. The Kier molecular flexibility index (Phi) is 10.4. The quantitative estimate of drug-likeness (QED) is 0.336. The number of nitrogens with zero attached hydrogens (tertiary/aromatic N) is 3. The van der Waals surface area contributed by atoms with Gasteiger partial charge in [-0.25, -0.2) is 0 Å². The number of carboxylic acid groups (broad SMARTS) is 2. The Hall–Kier alpha value is -2.24. The predicted octanol–water partition coefficient (Wildman–Crippen LogP) is -2.28. The largest absolute Gasteiger partial charge is 0.480 e. The molecule has 1 atom stereocenters. The summed E-state index contributed by atoms with van der Waals surface area (Å²) in [7, 11) is 1.54. The third-order valence-corrected chi connectivity index (χ3v) is 4.64. The lowest BCUT2D eigenvalue weighted by molar-refractivity contribution is -0.140. The number of hydrogen-bond acceptors (Lipinski definition) is 7. The predicted molar refractivity (Wildman–Crippen MR) is 101 cm³/mol. The number of carbonyl (C=O) groups is 4. The summed E-state index contributed by atoms with van der Waals surface area (Å²) < 4.78 is 0. The number of carbonyl (C=O) groups excluding carboxylic acids is 2. The minimum absolute atomic E-state index is 0.148. The van der Waals surface area contributed by atoms with Crippen LogP contribution in [0.5, 0.6) is 0 Å². The lowest BCUT2D eigenvalue weighted by atomic mass is 10.1. The monoisotopic (exact) mass is 401 g/mol. The molecule has 0 aromatic carbocycles. The van der Waals surface area contributed by atoms with E-state index < -0.39 is 18.0 Å². The van der Waals surface area contributed by atoms with Gasteiger partial charge in [0.2, 0.25) is 11.8 Å². The molecule has 4 N–H and O–H groups in total. The number of hydrogen-bond donors (Lipinski definition) is 4. The van der Waals surface area contributed by atoms with E-state index >= 15 is 0 Å². The number of nitrogens with one attached hydrogen (secondary N) is 2. The molecule has 0 saturated carbocycles. The minimum Gasteiger partial charge on any atom is -0.480 e. The third-order valence-electron chi connectivity index (χ3n) is 4.64. The van der Waals surface area contributed by atoms with Crippen LogP contribution in [0.4, 0.5) is 0 Å². The highest BCUT2D eigenvalue weighted by molar-refractivity contribution is 5.81. The van der Waals surface area contributed by atoms with Crippen molar-refractivity contribution < 1.29 is 29.4 Å². The molecule has 1 heterocycles. The zero-order valence-corrected chi connectivity index (χ0v) is 16.5. The second-order valence-electron chi connectivity index (χ2n) is 6.78. The van der Waals surface area contributed by atoms with Crippen LogP contribution in [0.2, 0.25) is 0 Å². The second-order valence-corrected chi connectivity index (χ2v) is 6.78. The topological polar surface area (TPSA) is 143 Å². The van der Waals surface area contributed by atoms with E-state index in [9.17, 15) is 19.2 Å². The molecule has 0 aromatic rings. The van der Waals surface area contributed by atoms with Crippen molar-refractivity contribution in [1.29, 1.82) is 0 Å². The summed E-state index contributed by atoms with van der Waals surface area (Å²) >= 11 is 0. The van der Waals surface area contributed by atoms with Crippen LogP contribution < -0.4 is 10.6 Å². The molecule has 1 aliphatic rings. The Balaban J connectivity index is 2.92. The van der Waals surface area contributed by atoms with Gasteiger partial charge in [-0.1, -0.05) is 0 Å². The highest BCUT2D eigenvalue weighted by Crippen LogP contribution is 2.08. The molecule has 0 spiro atoms. The summed E-state index contributed by atoms with van der Waals surface area (Å²) in [5, 5.41) is 23.5. The Morgan fingerprint density at radius 2 is 1.36 bits per heavy atom. The Bertz CT molecular complexity index is 530. The van der Waals surface area contributed by atoms with Gasteiger partial charge >= 0.3 is 11.9 Å². The first kappa shape index (κ1) is 23.8. The van der Waals surface area contributed by atoms with E-state index in [1.54, 1.807) is 9.80 Å². The van der Waals surface area contributed by atoms with E-state index in [4.69, 9.17) is 10.2 Å². The average molecular weight is 401 g/mol. The molecule has 11 heteroatoms. The summed E-state index contributed by atoms with van der Waals surface area (Å²) in [4.78, 5) is 51.2. The molecule has 1 saturated heterocycles. The van der Waals surface area contributed by atoms with Gasteiger partial charge in [-0.2, -0.15) is 0 Å². The van der Waals surface area contributed by atoms with Gasteiger partial charge in [0.15, 0.2) is 0 Å². The van der Waals surface area contributed by atoms with Crippen molar-refractivity contribution in [3.05, 3.63) is 0 Å². The molecule has 0 aromatic heterocycles. The van der Waals surface area contributed by atoms with Gasteiger partial charge in [-0.05, 0) is 6.42 Å². The number of likely N-dealkylation sites (N-methyl/N-ethyl adjacent to an activating group) is 1. The van der Waals surface area contributed by atoms with Gasteiger partial charge in [-0.3, -0.25) is 33.9 Å². The molecule has 1 aliphatic heterocycles. The summed E-state index contributed by atoms with van der Waals surface area (Å²) in [5.41, 5.74) is 0. The second kappa shape index (κ2) is 12.3. The van der Waals surface area contributed by atoms with Crippen molar-refractivity contribution in [3.63, 3.8) is 0 Å². The average Bonchev–Trinajstić information content (AvgIpc) is 2.69. The van der Waals surface area contributed by atoms with Crippen molar-refractivity contribution >= 4 is 23.8 Å². The van der Waals surface area contributed by atoms with Gasteiger partial charge in [-0.15, -0.1) is 0 Å². The van der Waals surface area contributed by atoms with E-state index in [-0.39, 0.29) is 24.9 Å². The van der Waals surface area contributed by atoms with Crippen LogP contribution in [0, 0.1) is 0 Å². The highest BCUT2D eigenvalue weighted by Gasteiger charge is 2.27. The van der Waals surface area contributed by atoms with Gasteiger partial charge < -0.3 is 20.8 Å². The fraction of sp³-hybridized carbons (Fsp3) is 0.765. The normalized spacial score (nSPS) is 18.4. The molecule has 2 amide bonds. The number of amides is 2. The summed E-state index contributed by atoms with van der Waals surface area (Å²) in [6.07, 6.45) is 0.400. The number of rotatable bonds is 9. The van der Waals surface area contributed by atoms with Crippen LogP contribution in [-0.2, 0) is 19.2 Å². The van der Waals surface area contributed by atoms with Crippen LogP contribution in [0.15, 0.2) is 0 Å². The van der Waals surface area contributed by atoms with Gasteiger partial charge in [0.05, 0.1) is 19.1 Å². The molecule has 1 fully saturated rings. The molecule has 0 bridgehead atoms. The van der Waals surface area contributed by atoms with Crippen LogP contribution in [-0.4, -0.2) is 121 Å². The summed E-state index contributed by atoms with van der Waals surface area (Å²) in [6.45, 7) is 4.13. The van der Waals surface area contributed by atoms with Crippen molar-refractivity contribution in [2.75, 3.05) is 66.0 Å². The van der Waals surface area contributed by atoms with E-state index in [2.05, 4.69) is 10.6 Å². The maximum Gasteiger partial charge on any atom is 0.317 e. The molecule has 1 unspecified atom stereocenters. The molecular formula is C17H31N5O6.